The van der Waals surface area contributed by atoms with Crippen LogP contribution in [0.3, 0.4) is 0 Å². The fourth-order valence-electron chi connectivity index (χ4n) is 1.27. The Balaban J connectivity index is 1.88. The van der Waals surface area contributed by atoms with E-state index in [0.29, 0.717) is 23.3 Å². The lowest BCUT2D eigenvalue weighted by Gasteiger charge is -2.05. The van der Waals surface area contributed by atoms with Crippen molar-refractivity contribution in [2.45, 2.75) is 6.54 Å². The molecule has 0 fully saturated rings. The van der Waals surface area contributed by atoms with Gasteiger partial charge >= 0.3 is 0 Å². The smallest absolute Gasteiger partial charge is 0.271 e. The zero-order valence-electron chi connectivity index (χ0n) is 8.88. The van der Waals surface area contributed by atoms with Crippen molar-refractivity contribution < 1.29 is 4.79 Å². The number of nitrogens with zero attached hydrogens (tertiary/aromatic N) is 4. The van der Waals surface area contributed by atoms with Gasteiger partial charge in [0.2, 0.25) is 0 Å². The maximum Gasteiger partial charge on any atom is 0.271 e. The summed E-state index contributed by atoms with van der Waals surface area (Å²) in [4.78, 5) is 15.7. The van der Waals surface area contributed by atoms with Crippen LogP contribution in [-0.4, -0.2) is 32.4 Å². The summed E-state index contributed by atoms with van der Waals surface area (Å²) in [5.41, 5.74) is 0.381. The van der Waals surface area contributed by atoms with Crippen LogP contribution in [0.5, 0.6) is 0 Å². The first-order valence-corrected chi connectivity index (χ1v) is 5.79. The normalized spacial score (nSPS) is 10.2. The van der Waals surface area contributed by atoms with Gasteiger partial charge in [0.1, 0.15) is 5.69 Å². The highest BCUT2D eigenvalue weighted by Gasteiger charge is 2.09. The van der Waals surface area contributed by atoms with Gasteiger partial charge < -0.3 is 5.32 Å². The lowest BCUT2D eigenvalue weighted by molar-refractivity contribution is 0.0946. The van der Waals surface area contributed by atoms with E-state index in [4.69, 9.17) is 0 Å². The van der Waals surface area contributed by atoms with Crippen molar-refractivity contribution in [3.8, 4) is 0 Å². The molecular formula is C10H10BrN5O. The van der Waals surface area contributed by atoms with Crippen LogP contribution in [-0.2, 0) is 6.54 Å². The van der Waals surface area contributed by atoms with Crippen LogP contribution < -0.4 is 5.32 Å². The van der Waals surface area contributed by atoms with E-state index < -0.39 is 0 Å². The number of aromatic nitrogens is 4. The van der Waals surface area contributed by atoms with E-state index in [9.17, 15) is 4.79 Å². The van der Waals surface area contributed by atoms with Crippen LogP contribution >= 0.6 is 15.9 Å². The van der Waals surface area contributed by atoms with Crippen molar-refractivity contribution in [2.75, 3.05) is 6.54 Å². The summed E-state index contributed by atoms with van der Waals surface area (Å²) in [6.07, 6.45) is 4.91. The highest BCUT2D eigenvalue weighted by molar-refractivity contribution is 9.10. The number of rotatable bonds is 4. The third-order valence-corrected chi connectivity index (χ3v) is 2.71. The van der Waals surface area contributed by atoms with Gasteiger partial charge in [-0.1, -0.05) is 5.21 Å². The third-order valence-electron chi connectivity index (χ3n) is 2.07. The van der Waals surface area contributed by atoms with Gasteiger partial charge in [0.05, 0.1) is 12.7 Å². The molecule has 2 aromatic rings. The maximum absolute atomic E-state index is 11.7. The third kappa shape index (κ3) is 3.10. The number of carbonyl (C=O) groups excluding carboxylic acids is 1. The molecule has 0 unspecified atom stereocenters. The lowest BCUT2D eigenvalue weighted by Crippen LogP contribution is -2.28. The molecule has 0 aromatic carbocycles. The summed E-state index contributed by atoms with van der Waals surface area (Å²) < 4.78 is 2.33. The molecule has 0 atom stereocenters. The minimum Gasteiger partial charge on any atom is -0.349 e. The summed E-state index contributed by atoms with van der Waals surface area (Å²) in [7, 11) is 0. The number of carbonyl (C=O) groups is 1. The van der Waals surface area contributed by atoms with Gasteiger partial charge in [0, 0.05) is 23.4 Å². The Hall–Kier alpha value is -1.76. The molecule has 1 amide bonds. The van der Waals surface area contributed by atoms with Crippen LogP contribution in [0.15, 0.2) is 35.2 Å². The zero-order chi connectivity index (χ0) is 12.1. The predicted molar refractivity (Wildman–Crippen MR) is 64.3 cm³/mol. The van der Waals surface area contributed by atoms with Crippen molar-refractivity contribution in [2.24, 2.45) is 0 Å². The Morgan fingerprint density at radius 1 is 1.47 bits per heavy atom. The maximum atomic E-state index is 11.7. The minimum absolute atomic E-state index is 0.211. The largest absolute Gasteiger partial charge is 0.349 e. The number of halogens is 1. The van der Waals surface area contributed by atoms with Crippen LogP contribution in [0.25, 0.3) is 0 Å². The molecule has 0 aliphatic heterocycles. The first kappa shape index (κ1) is 11.7. The number of hydrogen-bond donors (Lipinski definition) is 1. The number of amides is 1. The van der Waals surface area contributed by atoms with Crippen molar-refractivity contribution in [3.63, 3.8) is 0 Å². The molecular weight excluding hydrogens is 286 g/mol. The van der Waals surface area contributed by atoms with E-state index in [0.717, 1.165) is 0 Å². The summed E-state index contributed by atoms with van der Waals surface area (Å²) in [6.45, 7) is 1.06. The van der Waals surface area contributed by atoms with E-state index in [2.05, 4.69) is 36.5 Å². The van der Waals surface area contributed by atoms with Crippen LogP contribution in [0.1, 0.15) is 10.5 Å². The van der Waals surface area contributed by atoms with E-state index in [-0.39, 0.29) is 5.91 Å². The monoisotopic (exact) mass is 295 g/mol. The second kappa shape index (κ2) is 5.53. The standard InChI is InChI=1S/C10H10BrN5O/c11-8-2-1-3-12-9(8)10(17)13-4-6-16-7-5-14-15-16/h1-3,5,7H,4,6H2,(H,13,17). The van der Waals surface area contributed by atoms with Gasteiger partial charge in [-0.25, -0.2) is 4.98 Å². The van der Waals surface area contributed by atoms with Crippen molar-refractivity contribution in [3.05, 3.63) is 40.9 Å². The molecule has 2 aromatic heterocycles. The Bertz CT molecular complexity index is 499. The predicted octanol–water partition coefficient (Wildman–Crippen LogP) is 0.866. The number of hydrogen-bond acceptors (Lipinski definition) is 4. The number of nitrogens with one attached hydrogen (secondary N) is 1. The molecule has 2 rings (SSSR count). The van der Waals surface area contributed by atoms with Gasteiger partial charge in [-0.3, -0.25) is 9.48 Å². The first-order chi connectivity index (χ1) is 8.27. The molecule has 17 heavy (non-hydrogen) atoms. The van der Waals surface area contributed by atoms with Gasteiger partial charge in [-0.05, 0) is 28.1 Å². The Labute approximate surface area is 106 Å². The zero-order valence-corrected chi connectivity index (χ0v) is 10.5. The topological polar surface area (TPSA) is 72.7 Å². The minimum atomic E-state index is -0.211. The van der Waals surface area contributed by atoms with Gasteiger partial charge in [0.25, 0.3) is 5.91 Å². The molecule has 0 aliphatic carbocycles. The van der Waals surface area contributed by atoms with E-state index in [1.165, 1.54) is 0 Å². The van der Waals surface area contributed by atoms with Crippen molar-refractivity contribution in [1.82, 2.24) is 25.3 Å². The summed E-state index contributed by atoms with van der Waals surface area (Å²) in [5, 5.41) is 10.2. The Morgan fingerprint density at radius 3 is 3.06 bits per heavy atom. The molecule has 0 spiro atoms. The molecule has 0 saturated carbocycles. The lowest BCUT2D eigenvalue weighted by atomic mass is 10.3. The molecule has 0 radical (unpaired) electrons. The summed E-state index contributed by atoms with van der Waals surface area (Å²) in [5.74, 6) is -0.211. The highest BCUT2D eigenvalue weighted by Crippen LogP contribution is 2.12. The Morgan fingerprint density at radius 2 is 2.35 bits per heavy atom. The average molecular weight is 296 g/mol. The van der Waals surface area contributed by atoms with Crippen molar-refractivity contribution in [1.29, 1.82) is 0 Å². The highest BCUT2D eigenvalue weighted by atomic mass is 79.9. The first-order valence-electron chi connectivity index (χ1n) is 5.00. The molecule has 0 aliphatic rings. The molecule has 0 saturated heterocycles. The summed E-state index contributed by atoms with van der Waals surface area (Å²) in [6, 6.07) is 3.54. The number of pyridine rings is 1. The van der Waals surface area contributed by atoms with E-state index >= 15 is 0 Å². The molecule has 1 N–H and O–H groups in total. The van der Waals surface area contributed by atoms with Gasteiger partial charge in [-0.2, -0.15) is 0 Å². The quantitative estimate of drug-likeness (QED) is 0.908. The molecule has 88 valence electrons. The van der Waals surface area contributed by atoms with Gasteiger partial charge in [0.15, 0.2) is 0 Å². The molecule has 6 nitrogen and oxygen atoms in total. The van der Waals surface area contributed by atoms with E-state index in [1.54, 1.807) is 35.4 Å². The van der Waals surface area contributed by atoms with Crippen LogP contribution in [0.4, 0.5) is 0 Å². The fraction of sp³-hybridized carbons (Fsp3) is 0.200. The average Bonchev–Trinajstić information content (AvgIpc) is 2.82. The molecule has 0 bridgehead atoms. The Kier molecular flexibility index (Phi) is 3.81. The fourth-order valence-corrected chi connectivity index (χ4v) is 1.71. The molecule has 7 heteroatoms. The second-order valence-corrected chi connectivity index (χ2v) is 4.11. The summed E-state index contributed by atoms with van der Waals surface area (Å²) >= 11 is 3.28. The van der Waals surface area contributed by atoms with Gasteiger partial charge in [-0.15, -0.1) is 5.10 Å². The van der Waals surface area contributed by atoms with Crippen molar-refractivity contribution >= 4 is 21.8 Å². The molecule has 2 heterocycles. The van der Waals surface area contributed by atoms with Crippen LogP contribution in [0.2, 0.25) is 0 Å². The second-order valence-electron chi connectivity index (χ2n) is 3.26. The SMILES string of the molecule is O=C(NCCn1ccnn1)c1ncccc1Br. The van der Waals surface area contributed by atoms with E-state index in [1.807, 2.05) is 0 Å². The van der Waals surface area contributed by atoms with Crippen LogP contribution in [0, 0.1) is 0 Å².